The first-order chi connectivity index (χ1) is 10.3. The van der Waals surface area contributed by atoms with E-state index in [0.29, 0.717) is 0 Å². The van der Waals surface area contributed by atoms with E-state index in [9.17, 15) is 4.79 Å². The van der Waals surface area contributed by atoms with E-state index in [2.05, 4.69) is 18.8 Å². The van der Waals surface area contributed by atoms with Crippen molar-refractivity contribution in [1.82, 2.24) is 0 Å². The topological polar surface area (TPSA) is 17.1 Å². The minimum Gasteiger partial charge on any atom is -0.292 e. The van der Waals surface area contributed by atoms with Crippen LogP contribution in [0.25, 0.3) is 0 Å². The predicted octanol–water partition coefficient (Wildman–Crippen LogP) is 5.40. The Morgan fingerprint density at radius 1 is 1.10 bits per heavy atom. The Bertz CT molecular complexity index is 498. The van der Waals surface area contributed by atoms with Crippen LogP contribution < -0.4 is 0 Å². The maximum absolute atomic E-state index is 12.9. The van der Waals surface area contributed by atoms with Crippen LogP contribution in [0, 0.1) is 17.3 Å². The molecule has 1 heteroatoms. The first-order valence-corrected chi connectivity index (χ1v) is 8.38. The molecule has 2 rings (SSSR count). The third kappa shape index (κ3) is 4.21. The molecule has 1 nitrogen and oxygen atoms in total. The van der Waals surface area contributed by atoms with Gasteiger partial charge < -0.3 is 0 Å². The van der Waals surface area contributed by atoms with Crippen molar-refractivity contribution in [3.05, 3.63) is 35.9 Å². The second kappa shape index (κ2) is 8.03. The standard InChI is InChI=1S/C20H26O/c1-2-3-4-5-10-15-20(16-11-7-12-17-20)19(21)18-13-8-6-9-14-18/h6,8-9,13-14H,2-5,7,11-12,16-17H2,1H3. The minimum absolute atomic E-state index is 0.241. The average molecular weight is 282 g/mol. The van der Waals surface area contributed by atoms with Crippen molar-refractivity contribution in [2.75, 3.05) is 0 Å². The van der Waals surface area contributed by atoms with Crippen LogP contribution in [0.5, 0.6) is 0 Å². The Kier molecular flexibility index (Phi) is 6.05. The summed E-state index contributed by atoms with van der Waals surface area (Å²) >= 11 is 0. The van der Waals surface area contributed by atoms with Crippen LogP contribution in [0.15, 0.2) is 30.3 Å². The van der Waals surface area contributed by atoms with Crippen LogP contribution in [-0.2, 0) is 0 Å². The van der Waals surface area contributed by atoms with E-state index >= 15 is 0 Å². The lowest BCUT2D eigenvalue weighted by atomic mass is 9.70. The predicted molar refractivity (Wildman–Crippen MR) is 88.2 cm³/mol. The van der Waals surface area contributed by atoms with E-state index in [1.54, 1.807) is 0 Å². The number of rotatable bonds is 5. The number of hydrogen-bond donors (Lipinski definition) is 0. The molecule has 0 amide bonds. The molecule has 0 atom stereocenters. The highest BCUT2D eigenvalue weighted by Crippen LogP contribution is 2.38. The summed E-state index contributed by atoms with van der Waals surface area (Å²) < 4.78 is 0. The average Bonchev–Trinajstić information content (AvgIpc) is 2.56. The van der Waals surface area contributed by atoms with Crippen molar-refractivity contribution in [3.8, 4) is 11.8 Å². The van der Waals surface area contributed by atoms with Crippen molar-refractivity contribution in [3.63, 3.8) is 0 Å². The molecule has 21 heavy (non-hydrogen) atoms. The Morgan fingerprint density at radius 3 is 2.48 bits per heavy atom. The third-order valence-electron chi connectivity index (χ3n) is 4.41. The van der Waals surface area contributed by atoms with Gasteiger partial charge in [0.25, 0.3) is 0 Å². The zero-order valence-electron chi connectivity index (χ0n) is 13.2. The van der Waals surface area contributed by atoms with Crippen LogP contribution in [0.2, 0.25) is 0 Å². The number of carbonyl (C=O) groups is 1. The summed E-state index contributed by atoms with van der Waals surface area (Å²) in [4.78, 5) is 12.9. The van der Waals surface area contributed by atoms with Crippen molar-refractivity contribution in [2.24, 2.45) is 5.41 Å². The number of ketones is 1. The number of benzene rings is 1. The molecular weight excluding hydrogens is 256 g/mol. The molecule has 0 heterocycles. The lowest BCUT2D eigenvalue weighted by Crippen LogP contribution is -2.32. The maximum atomic E-state index is 12.9. The zero-order chi connectivity index (χ0) is 15.0. The van der Waals surface area contributed by atoms with Crippen molar-refractivity contribution in [2.45, 2.75) is 64.7 Å². The smallest absolute Gasteiger partial charge is 0.180 e. The van der Waals surface area contributed by atoms with Gasteiger partial charge in [0.1, 0.15) is 0 Å². The van der Waals surface area contributed by atoms with E-state index in [1.807, 2.05) is 30.3 Å². The summed E-state index contributed by atoms with van der Waals surface area (Å²) in [5.74, 6) is 6.94. The largest absolute Gasteiger partial charge is 0.292 e. The molecule has 0 radical (unpaired) electrons. The molecular formula is C20H26O. The molecule has 1 fully saturated rings. The van der Waals surface area contributed by atoms with Gasteiger partial charge in [-0.25, -0.2) is 0 Å². The van der Waals surface area contributed by atoms with Crippen molar-refractivity contribution < 1.29 is 4.79 Å². The minimum atomic E-state index is -0.411. The van der Waals surface area contributed by atoms with Crippen LogP contribution >= 0.6 is 0 Å². The first-order valence-electron chi connectivity index (χ1n) is 8.38. The summed E-state index contributed by atoms with van der Waals surface area (Å²) in [6.07, 6.45) is 9.88. The fourth-order valence-electron chi connectivity index (χ4n) is 3.13. The molecule has 0 aliphatic heterocycles. The summed E-state index contributed by atoms with van der Waals surface area (Å²) in [5, 5.41) is 0. The van der Waals surface area contributed by atoms with Gasteiger partial charge in [-0.05, 0) is 19.3 Å². The Balaban J connectivity index is 2.15. The van der Waals surface area contributed by atoms with Gasteiger partial charge in [0.05, 0.1) is 5.41 Å². The molecule has 0 saturated heterocycles. The van der Waals surface area contributed by atoms with Gasteiger partial charge in [0, 0.05) is 12.0 Å². The molecule has 0 spiro atoms. The highest BCUT2D eigenvalue weighted by Gasteiger charge is 2.38. The number of unbranched alkanes of at least 4 members (excludes halogenated alkanes) is 3. The number of Topliss-reactive ketones (excluding diaryl/α,β-unsaturated/α-hetero) is 1. The van der Waals surface area contributed by atoms with Crippen LogP contribution in [-0.4, -0.2) is 5.78 Å². The van der Waals surface area contributed by atoms with E-state index < -0.39 is 5.41 Å². The second-order valence-electron chi connectivity index (χ2n) is 6.10. The van der Waals surface area contributed by atoms with Gasteiger partial charge in [0.2, 0.25) is 0 Å². The van der Waals surface area contributed by atoms with Crippen LogP contribution in [0.3, 0.4) is 0 Å². The van der Waals surface area contributed by atoms with Gasteiger partial charge in [-0.15, -0.1) is 5.92 Å². The molecule has 1 aliphatic carbocycles. The molecule has 0 bridgehead atoms. The van der Waals surface area contributed by atoms with E-state index in [1.165, 1.54) is 19.3 Å². The quantitative estimate of drug-likeness (QED) is 0.401. The monoisotopic (exact) mass is 282 g/mol. The van der Waals surface area contributed by atoms with E-state index in [4.69, 9.17) is 0 Å². The van der Waals surface area contributed by atoms with Gasteiger partial charge >= 0.3 is 0 Å². The van der Waals surface area contributed by atoms with E-state index in [-0.39, 0.29) is 5.78 Å². The van der Waals surface area contributed by atoms with Crippen molar-refractivity contribution in [1.29, 1.82) is 0 Å². The Morgan fingerprint density at radius 2 is 1.81 bits per heavy atom. The van der Waals surface area contributed by atoms with Crippen molar-refractivity contribution >= 4 is 5.78 Å². The molecule has 1 aromatic rings. The number of hydrogen-bond acceptors (Lipinski definition) is 1. The Hall–Kier alpha value is -1.55. The fourth-order valence-corrected chi connectivity index (χ4v) is 3.13. The molecule has 1 saturated carbocycles. The summed E-state index contributed by atoms with van der Waals surface area (Å²) in [7, 11) is 0. The van der Waals surface area contributed by atoms with Crippen LogP contribution in [0.1, 0.15) is 75.1 Å². The lowest BCUT2D eigenvalue weighted by Gasteiger charge is -2.31. The zero-order valence-corrected chi connectivity index (χ0v) is 13.2. The maximum Gasteiger partial charge on any atom is 0.180 e. The first kappa shape index (κ1) is 15.8. The molecule has 0 aromatic heterocycles. The normalized spacial score (nSPS) is 16.8. The Labute approximate surface area is 129 Å². The molecule has 0 unspecified atom stereocenters. The molecule has 1 aliphatic rings. The highest BCUT2D eigenvalue weighted by molar-refractivity contribution is 6.02. The van der Waals surface area contributed by atoms with E-state index in [0.717, 1.165) is 44.1 Å². The second-order valence-corrected chi connectivity index (χ2v) is 6.10. The van der Waals surface area contributed by atoms with Crippen LogP contribution in [0.4, 0.5) is 0 Å². The molecule has 1 aromatic carbocycles. The van der Waals surface area contributed by atoms with Gasteiger partial charge in [-0.3, -0.25) is 4.79 Å². The lowest BCUT2D eigenvalue weighted by molar-refractivity contribution is 0.0812. The third-order valence-corrected chi connectivity index (χ3v) is 4.41. The molecule has 0 N–H and O–H groups in total. The molecule has 112 valence electrons. The van der Waals surface area contributed by atoms with Gasteiger partial charge in [-0.2, -0.15) is 0 Å². The fraction of sp³-hybridized carbons (Fsp3) is 0.550. The summed E-state index contributed by atoms with van der Waals surface area (Å²) in [6, 6.07) is 9.70. The number of carbonyl (C=O) groups excluding carboxylic acids is 1. The van der Waals surface area contributed by atoms with Gasteiger partial charge in [-0.1, -0.05) is 75.3 Å². The summed E-state index contributed by atoms with van der Waals surface area (Å²) in [5.41, 5.74) is 0.411. The van der Waals surface area contributed by atoms with Gasteiger partial charge in [0.15, 0.2) is 5.78 Å². The SMILES string of the molecule is CCCCCC#CC1(C(=O)c2ccccc2)CCCCC1. The summed E-state index contributed by atoms with van der Waals surface area (Å²) in [6.45, 7) is 2.20. The highest BCUT2D eigenvalue weighted by atomic mass is 16.1.